The molecule has 0 spiro atoms. The van der Waals surface area contributed by atoms with Gasteiger partial charge in [-0.25, -0.2) is 4.39 Å². The van der Waals surface area contributed by atoms with E-state index in [1.54, 1.807) is 28.8 Å². The van der Waals surface area contributed by atoms with Gasteiger partial charge in [0.25, 0.3) is 5.91 Å². The molecule has 2 aromatic rings. The van der Waals surface area contributed by atoms with Crippen molar-refractivity contribution >= 4 is 34.9 Å². The molecule has 0 bridgehead atoms. The van der Waals surface area contributed by atoms with Crippen LogP contribution >= 0.6 is 23.1 Å². The van der Waals surface area contributed by atoms with Crippen LogP contribution in [0.5, 0.6) is 0 Å². The summed E-state index contributed by atoms with van der Waals surface area (Å²) in [5.74, 6) is 0.557. The molecule has 1 aromatic heterocycles. The van der Waals surface area contributed by atoms with Crippen LogP contribution in [0.2, 0.25) is 0 Å². The van der Waals surface area contributed by atoms with Crippen molar-refractivity contribution < 1.29 is 14.0 Å². The van der Waals surface area contributed by atoms with E-state index in [-0.39, 0.29) is 23.5 Å². The number of thiophene rings is 1. The molecule has 1 atom stereocenters. The van der Waals surface area contributed by atoms with Gasteiger partial charge in [0.05, 0.1) is 10.8 Å². The second-order valence-corrected chi connectivity index (χ2v) is 8.63. The lowest BCUT2D eigenvalue weighted by atomic mass is 9.97. The molecule has 1 aromatic carbocycles. The lowest BCUT2D eigenvalue weighted by Gasteiger charge is -2.31. The summed E-state index contributed by atoms with van der Waals surface area (Å²) in [6.07, 6.45) is 2.53. The number of thioether (sulfide) groups is 1. The minimum atomic E-state index is -0.231. The van der Waals surface area contributed by atoms with E-state index < -0.39 is 0 Å². The van der Waals surface area contributed by atoms with Crippen LogP contribution in [0.25, 0.3) is 0 Å². The molecule has 0 radical (unpaired) electrons. The summed E-state index contributed by atoms with van der Waals surface area (Å²) in [7, 11) is 0. The molecule has 1 N–H and O–H groups in total. The summed E-state index contributed by atoms with van der Waals surface area (Å²) in [6.45, 7) is 1.82. The minimum Gasteiger partial charge on any atom is -0.356 e. The summed E-state index contributed by atoms with van der Waals surface area (Å²) in [4.78, 5) is 28.4. The van der Waals surface area contributed by atoms with Gasteiger partial charge in [-0.1, -0.05) is 6.07 Å². The number of piperidine rings is 1. The van der Waals surface area contributed by atoms with Gasteiger partial charge < -0.3 is 10.2 Å². The summed E-state index contributed by atoms with van der Waals surface area (Å²) < 4.78 is 12.9. The Balaban J connectivity index is 1.37. The highest BCUT2D eigenvalue weighted by atomic mass is 32.2. The van der Waals surface area contributed by atoms with E-state index in [1.807, 2.05) is 17.5 Å². The fourth-order valence-corrected chi connectivity index (χ4v) is 4.62. The Kier molecular flexibility index (Phi) is 7.29. The van der Waals surface area contributed by atoms with Gasteiger partial charge in [-0.15, -0.1) is 23.1 Å². The zero-order valence-corrected chi connectivity index (χ0v) is 16.7. The Bertz CT molecular complexity index is 750. The quantitative estimate of drug-likeness (QED) is 0.558. The highest BCUT2D eigenvalue weighted by Gasteiger charge is 2.28. The predicted octanol–water partition coefficient (Wildman–Crippen LogP) is 4.04. The molecule has 0 aliphatic carbocycles. The fourth-order valence-electron chi connectivity index (χ4n) is 3.08. The molecule has 2 amide bonds. The maximum Gasteiger partial charge on any atom is 0.263 e. The van der Waals surface area contributed by atoms with Crippen molar-refractivity contribution in [3.63, 3.8) is 0 Å². The third-order valence-corrected chi connectivity index (χ3v) is 6.47. The second-order valence-electron chi connectivity index (χ2n) is 6.51. The molecule has 1 aliphatic heterocycles. The summed E-state index contributed by atoms with van der Waals surface area (Å²) >= 11 is 3.09. The molecule has 1 aliphatic rings. The Labute approximate surface area is 167 Å². The van der Waals surface area contributed by atoms with Crippen LogP contribution in [-0.4, -0.2) is 42.1 Å². The number of benzene rings is 1. The molecule has 27 heavy (non-hydrogen) atoms. The van der Waals surface area contributed by atoms with E-state index in [1.165, 1.54) is 23.5 Å². The van der Waals surface area contributed by atoms with Gasteiger partial charge in [-0.05, 0) is 60.7 Å². The topological polar surface area (TPSA) is 49.4 Å². The van der Waals surface area contributed by atoms with E-state index in [0.29, 0.717) is 13.1 Å². The first-order chi connectivity index (χ1) is 13.1. The molecule has 1 unspecified atom stereocenters. The third kappa shape index (κ3) is 5.81. The predicted molar refractivity (Wildman–Crippen MR) is 108 cm³/mol. The van der Waals surface area contributed by atoms with Crippen molar-refractivity contribution in [1.82, 2.24) is 10.2 Å². The number of hydrogen-bond donors (Lipinski definition) is 1. The van der Waals surface area contributed by atoms with Gasteiger partial charge in [0, 0.05) is 24.5 Å². The van der Waals surface area contributed by atoms with Crippen LogP contribution in [0.3, 0.4) is 0 Å². The summed E-state index contributed by atoms with van der Waals surface area (Å²) in [6, 6.07) is 10.1. The summed E-state index contributed by atoms with van der Waals surface area (Å²) in [5.41, 5.74) is 0. The van der Waals surface area contributed by atoms with E-state index in [4.69, 9.17) is 0 Å². The third-order valence-electron chi connectivity index (χ3n) is 4.51. The van der Waals surface area contributed by atoms with Gasteiger partial charge in [0.1, 0.15) is 5.82 Å². The van der Waals surface area contributed by atoms with Gasteiger partial charge in [-0.2, -0.15) is 0 Å². The van der Waals surface area contributed by atoms with Gasteiger partial charge in [0.2, 0.25) is 5.91 Å². The molecule has 4 nitrogen and oxygen atoms in total. The second kappa shape index (κ2) is 9.90. The van der Waals surface area contributed by atoms with E-state index in [2.05, 4.69) is 5.32 Å². The van der Waals surface area contributed by atoms with Crippen LogP contribution in [0.4, 0.5) is 4.39 Å². The molecule has 144 valence electrons. The number of hydrogen-bond acceptors (Lipinski definition) is 4. The van der Waals surface area contributed by atoms with Gasteiger partial charge >= 0.3 is 0 Å². The number of likely N-dealkylation sites (tertiary alicyclic amines) is 1. The standard InChI is InChI=1S/C20H23FN2O2S2/c21-16-6-8-17(9-7-16)26-13-3-10-22-19(24)15-4-1-11-23(14-15)20(25)18-5-2-12-27-18/h2,5-9,12,15H,1,3-4,10-11,13-14H2,(H,22,24). The first-order valence-electron chi connectivity index (χ1n) is 9.12. The highest BCUT2D eigenvalue weighted by Crippen LogP contribution is 2.21. The highest BCUT2D eigenvalue weighted by molar-refractivity contribution is 7.99. The van der Waals surface area contributed by atoms with Crippen LogP contribution in [0.15, 0.2) is 46.7 Å². The molecule has 0 saturated carbocycles. The van der Waals surface area contributed by atoms with Crippen molar-refractivity contribution in [2.45, 2.75) is 24.2 Å². The molecular formula is C20H23FN2O2S2. The Morgan fingerprint density at radius 1 is 1.26 bits per heavy atom. The van der Waals surface area contributed by atoms with Crippen molar-refractivity contribution in [1.29, 1.82) is 0 Å². The maximum absolute atomic E-state index is 12.9. The van der Waals surface area contributed by atoms with Gasteiger partial charge in [0.15, 0.2) is 0 Å². The number of nitrogens with one attached hydrogen (secondary N) is 1. The van der Waals surface area contributed by atoms with Crippen molar-refractivity contribution in [3.8, 4) is 0 Å². The Morgan fingerprint density at radius 3 is 2.81 bits per heavy atom. The molecule has 2 heterocycles. The Hall–Kier alpha value is -1.86. The first-order valence-corrected chi connectivity index (χ1v) is 11.0. The largest absolute Gasteiger partial charge is 0.356 e. The SMILES string of the molecule is O=C(NCCCSc1ccc(F)cc1)C1CCCN(C(=O)c2cccs2)C1. The number of nitrogens with zero attached hydrogens (tertiary/aromatic N) is 1. The van der Waals surface area contributed by atoms with E-state index >= 15 is 0 Å². The number of halogens is 1. The van der Waals surface area contributed by atoms with Crippen LogP contribution < -0.4 is 5.32 Å². The minimum absolute atomic E-state index is 0.0261. The Morgan fingerprint density at radius 2 is 2.07 bits per heavy atom. The average Bonchev–Trinajstić information content (AvgIpc) is 3.23. The first kappa shape index (κ1) is 19.9. The molecule has 1 fully saturated rings. The lowest BCUT2D eigenvalue weighted by molar-refractivity contribution is -0.126. The monoisotopic (exact) mass is 406 g/mol. The van der Waals surface area contributed by atoms with E-state index in [9.17, 15) is 14.0 Å². The molecular weight excluding hydrogens is 383 g/mol. The van der Waals surface area contributed by atoms with Crippen LogP contribution in [0.1, 0.15) is 28.9 Å². The lowest BCUT2D eigenvalue weighted by Crippen LogP contribution is -2.45. The van der Waals surface area contributed by atoms with Crippen molar-refractivity contribution in [2.24, 2.45) is 5.92 Å². The number of rotatable bonds is 7. The zero-order valence-electron chi connectivity index (χ0n) is 15.0. The zero-order chi connectivity index (χ0) is 19.1. The fraction of sp³-hybridized carbons (Fsp3) is 0.400. The molecule has 7 heteroatoms. The van der Waals surface area contributed by atoms with Crippen LogP contribution in [0, 0.1) is 11.7 Å². The molecule has 3 rings (SSSR count). The normalized spacial score (nSPS) is 16.9. The number of carbonyl (C=O) groups is 2. The molecule has 1 saturated heterocycles. The van der Waals surface area contributed by atoms with E-state index in [0.717, 1.165) is 41.3 Å². The smallest absolute Gasteiger partial charge is 0.263 e. The van der Waals surface area contributed by atoms with Crippen molar-refractivity contribution in [2.75, 3.05) is 25.4 Å². The number of carbonyl (C=O) groups excluding carboxylic acids is 2. The number of amides is 2. The maximum atomic E-state index is 12.9. The van der Waals surface area contributed by atoms with Gasteiger partial charge in [-0.3, -0.25) is 9.59 Å². The summed E-state index contributed by atoms with van der Waals surface area (Å²) in [5, 5.41) is 4.89. The average molecular weight is 407 g/mol. The van der Waals surface area contributed by atoms with Crippen LogP contribution in [-0.2, 0) is 4.79 Å². The van der Waals surface area contributed by atoms with Crippen molar-refractivity contribution in [3.05, 3.63) is 52.5 Å².